The summed E-state index contributed by atoms with van der Waals surface area (Å²) in [4.78, 5) is 17.8. The molecule has 1 aromatic heterocycles. The van der Waals surface area contributed by atoms with E-state index in [2.05, 4.69) is 4.98 Å². The van der Waals surface area contributed by atoms with Crippen LogP contribution in [0, 0.1) is 19.7 Å². The fourth-order valence-corrected chi connectivity index (χ4v) is 6.13. The molecule has 30 heavy (non-hydrogen) atoms. The molecule has 1 aliphatic heterocycles. The first-order chi connectivity index (χ1) is 14.3. The lowest BCUT2D eigenvalue weighted by Crippen LogP contribution is -2.35. The Kier molecular flexibility index (Phi) is 5.46. The summed E-state index contributed by atoms with van der Waals surface area (Å²) >= 11 is 1.38. The molecule has 0 aliphatic carbocycles. The monoisotopic (exact) mass is 444 g/mol. The van der Waals surface area contributed by atoms with Crippen molar-refractivity contribution in [2.45, 2.75) is 38.0 Å². The number of hydrogen-bond donors (Lipinski definition) is 0. The Morgan fingerprint density at radius 3 is 2.57 bits per heavy atom. The summed E-state index contributed by atoms with van der Waals surface area (Å²) < 4.78 is 41.0. The molecule has 3 aromatic rings. The van der Waals surface area contributed by atoms with Gasteiger partial charge in [0.2, 0.25) is 0 Å². The molecule has 0 amide bonds. The molecule has 1 aliphatic rings. The van der Waals surface area contributed by atoms with Crippen molar-refractivity contribution < 1.29 is 17.6 Å². The molecule has 0 atom stereocenters. The predicted octanol–water partition coefficient (Wildman–Crippen LogP) is 4.47. The van der Waals surface area contributed by atoms with Crippen LogP contribution in [0.15, 0.2) is 47.4 Å². The Morgan fingerprint density at radius 2 is 1.90 bits per heavy atom. The molecule has 0 spiro atoms. The number of fused-ring (bicyclic) bond motifs is 1. The van der Waals surface area contributed by atoms with Crippen molar-refractivity contribution in [3.8, 4) is 0 Å². The van der Waals surface area contributed by atoms with Gasteiger partial charge in [-0.15, -0.1) is 11.3 Å². The van der Waals surface area contributed by atoms with Crippen molar-refractivity contribution in [2.75, 3.05) is 10.8 Å². The lowest BCUT2D eigenvalue weighted by Gasteiger charge is -2.31. The Hall–Kier alpha value is -2.58. The van der Waals surface area contributed by atoms with Crippen molar-refractivity contribution >= 4 is 32.8 Å². The van der Waals surface area contributed by atoms with E-state index in [4.69, 9.17) is 0 Å². The standard InChI is InChI=1S/C22H21FN2O3S2/c1-14-22(29-15(2)24-14)21(26)13-16-5-6-17-4-3-11-25(20(17)12-16)30(27,28)19-9-7-18(23)8-10-19/h5-10,12H,3-4,11,13H2,1-2H3. The first kappa shape index (κ1) is 20.7. The van der Waals surface area contributed by atoms with Crippen LogP contribution in [0.25, 0.3) is 0 Å². The normalized spacial score (nSPS) is 13.9. The van der Waals surface area contributed by atoms with Crippen molar-refractivity contribution in [2.24, 2.45) is 0 Å². The zero-order valence-electron chi connectivity index (χ0n) is 16.7. The lowest BCUT2D eigenvalue weighted by atomic mass is 9.99. The van der Waals surface area contributed by atoms with Gasteiger partial charge in [0.25, 0.3) is 10.0 Å². The largest absolute Gasteiger partial charge is 0.293 e. The van der Waals surface area contributed by atoms with Gasteiger partial charge in [0.1, 0.15) is 5.82 Å². The highest BCUT2D eigenvalue weighted by Gasteiger charge is 2.29. The molecule has 2 heterocycles. The molecule has 8 heteroatoms. The average Bonchev–Trinajstić information content (AvgIpc) is 3.06. The summed E-state index contributed by atoms with van der Waals surface area (Å²) in [5, 5.41) is 0.845. The van der Waals surface area contributed by atoms with Gasteiger partial charge in [-0.25, -0.2) is 17.8 Å². The molecule has 0 N–H and O–H groups in total. The fourth-order valence-electron chi connectivity index (χ4n) is 3.74. The highest BCUT2D eigenvalue weighted by atomic mass is 32.2. The van der Waals surface area contributed by atoms with E-state index in [-0.39, 0.29) is 17.1 Å². The van der Waals surface area contributed by atoms with Crippen LogP contribution in [-0.4, -0.2) is 25.7 Å². The fraction of sp³-hybridized carbons (Fsp3) is 0.273. The maximum atomic E-state index is 13.3. The van der Waals surface area contributed by atoms with E-state index < -0.39 is 15.8 Å². The third kappa shape index (κ3) is 3.89. The average molecular weight is 445 g/mol. The van der Waals surface area contributed by atoms with E-state index >= 15 is 0 Å². The van der Waals surface area contributed by atoms with Gasteiger partial charge in [-0.2, -0.15) is 0 Å². The van der Waals surface area contributed by atoms with Gasteiger partial charge < -0.3 is 0 Å². The number of nitrogens with zero attached hydrogens (tertiary/aromatic N) is 2. The molecule has 4 rings (SSSR count). The van der Waals surface area contributed by atoms with Crippen LogP contribution in [0.2, 0.25) is 0 Å². The van der Waals surface area contributed by atoms with E-state index in [9.17, 15) is 17.6 Å². The van der Waals surface area contributed by atoms with E-state index in [1.165, 1.54) is 27.8 Å². The molecule has 0 radical (unpaired) electrons. The molecule has 0 fully saturated rings. The number of benzene rings is 2. The van der Waals surface area contributed by atoms with Crippen molar-refractivity contribution in [3.05, 3.63) is 75.0 Å². The summed E-state index contributed by atoms with van der Waals surface area (Å²) in [7, 11) is -3.82. The molecule has 5 nitrogen and oxygen atoms in total. The van der Waals surface area contributed by atoms with Crippen LogP contribution in [0.5, 0.6) is 0 Å². The van der Waals surface area contributed by atoms with Crippen molar-refractivity contribution in [1.82, 2.24) is 4.98 Å². The van der Waals surface area contributed by atoms with Crippen LogP contribution in [-0.2, 0) is 22.9 Å². The third-order valence-corrected chi connectivity index (χ3v) is 8.09. The number of aryl methyl sites for hydroxylation is 3. The summed E-state index contributed by atoms with van der Waals surface area (Å²) in [6.45, 7) is 4.03. The Labute approximate surface area is 179 Å². The number of rotatable bonds is 5. The topological polar surface area (TPSA) is 67.3 Å². The van der Waals surface area contributed by atoms with Crippen LogP contribution in [0.4, 0.5) is 10.1 Å². The minimum absolute atomic E-state index is 0.0261. The van der Waals surface area contributed by atoms with Gasteiger partial charge in [-0.3, -0.25) is 9.10 Å². The van der Waals surface area contributed by atoms with E-state index in [0.29, 0.717) is 23.5 Å². The second kappa shape index (κ2) is 7.92. The molecule has 0 saturated heterocycles. The summed E-state index contributed by atoms with van der Waals surface area (Å²) in [6.07, 6.45) is 1.65. The third-order valence-electron chi connectivity index (χ3n) is 5.15. The Bertz CT molecular complexity index is 1220. The number of sulfonamides is 1. The van der Waals surface area contributed by atoms with E-state index in [1.807, 2.05) is 26.0 Å². The molecule has 156 valence electrons. The Balaban J connectivity index is 1.67. The minimum Gasteiger partial charge on any atom is -0.293 e. The zero-order chi connectivity index (χ0) is 21.5. The summed E-state index contributed by atoms with van der Waals surface area (Å²) in [5.41, 5.74) is 2.99. The number of ketones is 1. The number of Topliss-reactive ketones (excluding diaryl/α,β-unsaturated/α-hetero) is 1. The maximum Gasteiger partial charge on any atom is 0.264 e. The molecule has 0 saturated carbocycles. The van der Waals surface area contributed by atoms with Gasteiger partial charge in [0.15, 0.2) is 5.78 Å². The first-order valence-corrected chi connectivity index (χ1v) is 11.9. The summed E-state index contributed by atoms with van der Waals surface area (Å²) in [5.74, 6) is -0.510. The number of carbonyl (C=O) groups is 1. The maximum absolute atomic E-state index is 13.3. The quantitative estimate of drug-likeness (QED) is 0.545. The molecule has 0 unspecified atom stereocenters. The summed E-state index contributed by atoms with van der Waals surface area (Å²) in [6, 6.07) is 10.4. The van der Waals surface area contributed by atoms with Gasteiger partial charge in [0, 0.05) is 13.0 Å². The highest BCUT2D eigenvalue weighted by Crippen LogP contribution is 2.33. The number of aromatic nitrogens is 1. The number of carbonyl (C=O) groups excluding carboxylic acids is 1. The van der Waals surface area contributed by atoms with E-state index in [1.54, 1.807) is 6.07 Å². The number of halogens is 1. The first-order valence-electron chi connectivity index (χ1n) is 9.63. The van der Waals surface area contributed by atoms with Crippen LogP contribution >= 0.6 is 11.3 Å². The number of thiazole rings is 1. The molecular formula is C22H21FN2O3S2. The zero-order valence-corrected chi connectivity index (χ0v) is 18.3. The predicted molar refractivity (Wildman–Crippen MR) is 115 cm³/mol. The number of hydrogen-bond acceptors (Lipinski definition) is 5. The Morgan fingerprint density at radius 1 is 1.17 bits per heavy atom. The molecule has 0 bridgehead atoms. The van der Waals surface area contributed by atoms with Gasteiger partial charge in [0.05, 0.1) is 26.2 Å². The second-order valence-electron chi connectivity index (χ2n) is 7.35. The van der Waals surface area contributed by atoms with Crippen molar-refractivity contribution in [3.63, 3.8) is 0 Å². The van der Waals surface area contributed by atoms with Gasteiger partial charge >= 0.3 is 0 Å². The molecular weight excluding hydrogens is 423 g/mol. The molecule has 2 aromatic carbocycles. The van der Waals surface area contributed by atoms with Crippen LogP contribution in [0.1, 0.15) is 37.9 Å². The van der Waals surface area contributed by atoms with Gasteiger partial charge in [-0.05, 0) is 68.1 Å². The lowest BCUT2D eigenvalue weighted by molar-refractivity contribution is 0.0996. The number of anilines is 1. The SMILES string of the molecule is Cc1nc(C)c(C(=O)Cc2ccc3c(c2)N(S(=O)(=O)c2ccc(F)cc2)CCC3)s1. The highest BCUT2D eigenvalue weighted by molar-refractivity contribution is 7.92. The minimum atomic E-state index is -3.82. The van der Waals surface area contributed by atoms with Crippen molar-refractivity contribution in [1.29, 1.82) is 0 Å². The smallest absolute Gasteiger partial charge is 0.264 e. The second-order valence-corrected chi connectivity index (χ2v) is 10.4. The van der Waals surface area contributed by atoms with Crippen LogP contribution < -0.4 is 4.31 Å². The van der Waals surface area contributed by atoms with Crippen LogP contribution in [0.3, 0.4) is 0 Å². The van der Waals surface area contributed by atoms with E-state index in [0.717, 1.165) is 40.4 Å². The van der Waals surface area contributed by atoms with Gasteiger partial charge in [-0.1, -0.05) is 12.1 Å².